The van der Waals surface area contributed by atoms with Gasteiger partial charge in [-0.2, -0.15) is 5.10 Å². The van der Waals surface area contributed by atoms with E-state index in [1.807, 2.05) is 42.9 Å². The van der Waals surface area contributed by atoms with Gasteiger partial charge in [-0.05, 0) is 43.7 Å². The molecule has 1 unspecified atom stereocenters. The second kappa shape index (κ2) is 5.37. The van der Waals surface area contributed by atoms with Crippen LogP contribution in [0.4, 0.5) is 5.69 Å². The SMILES string of the molecule is Cc1cc(Cl)c(NC(C)c2ccnn2C)c2cccnc12. The molecule has 0 amide bonds. The highest BCUT2D eigenvalue weighted by Crippen LogP contribution is 2.34. The van der Waals surface area contributed by atoms with Gasteiger partial charge in [0.2, 0.25) is 0 Å². The van der Waals surface area contributed by atoms with Gasteiger partial charge in [0.05, 0.1) is 28.0 Å². The van der Waals surface area contributed by atoms with Crippen LogP contribution in [0.1, 0.15) is 24.2 Å². The maximum Gasteiger partial charge on any atom is 0.0752 e. The predicted molar refractivity (Wildman–Crippen MR) is 86.7 cm³/mol. The van der Waals surface area contributed by atoms with E-state index >= 15 is 0 Å². The van der Waals surface area contributed by atoms with Crippen molar-refractivity contribution < 1.29 is 0 Å². The fourth-order valence-electron chi connectivity index (χ4n) is 2.63. The number of hydrogen-bond donors (Lipinski definition) is 1. The van der Waals surface area contributed by atoms with Gasteiger partial charge in [-0.25, -0.2) is 0 Å². The second-order valence-corrected chi connectivity index (χ2v) is 5.60. The molecule has 3 aromatic rings. The standard InChI is InChI=1S/C16H17ClN4/c1-10-9-13(17)16(12-5-4-7-18-15(10)12)20-11(2)14-6-8-19-21(14)3/h4-9,11,20H,1-3H3. The van der Waals surface area contributed by atoms with E-state index in [9.17, 15) is 0 Å². The first-order valence-electron chi connectivity index (χ1n) is 6.86. The van der Waals surface area contributed by atoms with Gasteiger partial charge in [-0.1, -0.05) is 11.6 Å². The minimum Gasteiger partial charge on any atom is -0.375 e. The summed E-state index contributed by atoms with van der Waals surface area (Å²) < 4.78 is 1.86. The van der Waals surface area contributed by atoms with E-state index in [-0.39, 0.29) is 6.04 Å². The molecule has 108 valence electrons. The van der Waals surface area contributed by atoms with Gasteiger partial charge in [0, 0.05) is 24.8 Å². The number of halogens is 1. The molecule has 0 radical (unpaired) electrons. The summed E-state index contributed by atoms with van der Waals surface area (Å²) in [7, 11) is 1.93. The lowest BCUT2D eigenvalue weighted by Crippen LogP contribution is -2.12. The number of nitrogens with one attached hydrogen (secondary N) is 1. The highest BCUT2D eigenvalue weighted by molar-refractivity contribution is 6.35. The van der Waals surface area contributed by atoms with Crippen LogP contribution in [0.3, 0.4) is 0 Å². The molecule has 0 aliphatic carbocycles. The first-order valence-corrected chi connectivity index (χ1v) is 7.24. The Morgan fingerprint density at radius 1 is 1.29 bits per heavy atom. The van der Waals surface area contributed by atoms with Crippen molar-refractivity contribution in [1.29, 1.82) is 0 Å². The second-order valence-electron chi connectivity index (χ2n) is 5.20. The van der Waals surface area contributed by atoms with Crippen molar-refractivity contribution in [3.8, 4) is 0 Å². The summed E-state index contributed by atoms with van der Waals surface area (Å²) in [6, 6.07) is 8.02. The Bertz CT molecular complexity index is 794. The van der Waals surface area contributed by atoms with E-state index in [2.05, 4.69) is 22.3 Å². The van der Waals surface area contributed by atoms with Crippen molar-refractivity contribution in [2.75, 3.05) is 5.32 Å². The van der Waals surface area contributed by atoms with Crippen molar-refractivity contribution in [1.82, 2.24) is 14.8 Å². The predicted octanol–water partition coefficient (Wildman–Crippen LogP) is 4.10. The fraction of sp³-hybridized carbons (Fsp3) is 0.250. The summed E-state index contributed by atoms with van der Waals surface area (Å²) in [5, 5.41) is 9.45. The van der Waals surface area contributed by atoms with E-state index < -0.39 is 0 Å². The molecule has 21 heavy (non-hydrogen) atoms. The van der Waals surface area contributed by atoms with E-state index in [0.717, 1.165) is 27.8 Å². The minimum absolute atomic E-state index is 0.0983. The smallest absolute Gasteiger partial charge is 0.0752 e. The third-order valence-electron chi connectivity index (χ3n) is 3.70. The zero-order valence-corrected chi connectivity index (χ0v) is 13.0. The number of aromatic nitrogens is 3. The Morgan fingerprint density at radius 2 is 2.10 bits per heavy atom. The summed E-state index contributed by atoms with van der Waals surface area (Å²) in [4.78, 5) is 4.45. The Hall–Kier alpha value is -2.07. The Labute approximate surface area is 128 Å². The molecule has 1 N–H and O–H groups in total. The zero-order valence-electron chi connectivity index (χ0n) is 12.3. The number of anilines is 1. The van der Waals surface area contributed by atoms with Crippen LogP contribution < -0.4 is 5.32 Å². The molecule has 0 aliphatic rings. The molecule has 0 aliphatic heterocycles. The molecule has 4 nitrogen and oxygen atoms in total. The van der Waals surface area contributed by atoms with Crippen LogP contribution in [0.25, 0.3) is 10.9 Å². The molecule has 0 fully saturated rings. The van der Waals surface area contributed by atoms with E-state index in [0.29, 0.717) is 5.02 Å². The van der Waals surface area contributed by atoms with Crippen molar-refractivity contribution in [3.63, 3.8) is 0 Å². The summed E-state index contributed by atoms with van der Waals surface area (Å²) in [6.07, 6.45) is 3.60. The lowest BCUT2D eigenvalue weighted by atomic mass is 10.1. The fourth-order valence-corrected chi connectivity index (χ4v) is 2.95. The lowest BCUT2D eigenvalue weighted by molar-refractivity contribution is 0.676. The molecular formula is C16H17ClN4. The largest absolute Gasteiger partial charge is 0.375 e. The first-order chi connectivity index (χ1) is 10.1. The highest BCUT2D eigenvalue weighted by Gasteiger charge is 2.14. The average Bonchev–Trinajstić information content (AvgIpc) is 2.89. The van der Waals surface area contributed by atoms with Crippen LogP contribution >= 0.6 is 11.6 Å². The van der Waals surface area contributed by atoms with Gasteiger partial charge < -0.3 is 5.32 Å². The summed E-state index contributed by atoms with van der Waals surface area (Å²) >= 11 is 6.44. The molecule has 1 atom stereocenters. The Morgan fingerprint density at radius 3 is 2.81 bits per heavy atom. The van der Waals surface area contributed by atoms with E-state index in [1.54, 1.807) is 12.4 Å². The summed E-state index contributed by atoms with van der Waals surface area (Å²) in [5.41, 5.74) is 4.07. The number of aryl methyl sites for hydroxylation is 2. The van der Waals surface area contributed by atoms with Crippen LogP contribution in [0.2, 0.25) is 5.02 Å². The number of hydrogen-bond acceptors (Lipinski definition) is 3. The molecule has 0 spiro atoms. The van der Waals surface area contributed by atoms with Gasteiger partial charge in [0.15, 0.2) is 0 Å². The van der Waals surface area contributed by atoms with Gasteiger partial charge in [-0.3, -0.25) is 9.67 Å². The molecule has 3 rings (SSSR count). The number of rotatable bonds is 3. The van der Waals surface area contributed by atoms with Gasteiger partial charge in [0.1, 0.15) is 0 Å². The molecular weight excluding hydrogens is 284 g/mol. The van der Waals surface area contributed by atoms with Crippen LogP contribution in [-0.4, -0.2) is 14.8 Å². The van der Waals surface area contributed by atoms with E-state index in [4.69, 9.17) is 11.6 Å². The zero-order chi connectivity index (χ0) is 15.0. The monoisotopic (exact) mass is 300 g/mol. The summed E-state index contributed by atoms with van der Waals surface area (Å²) in [6.45, 7) is 4.12. The highest BCUT2D eigenvalue weighted by atomic mass is 35.5. The Kier molecular flexibility index (Phi) is 3.55. The van der Waals surface area contributed by atoms with Gasteiger partial charge in [-0.15, -0.1) is 0 Å². The third kappa shape index (κ3) is 2.47. The molecule has 2 aromatic heterocycles. The molecule has 0 bridgehead atoms. The van der Waals surface area contributed by atoms with Crippen LogP contribution in [0.5, 0.6) is 0 Å². The molecule has 1 aromatic carbocycles. The lowest BCUT2D eigenvalue weighted by Gasteiger charge is -2.19. The topological polar surface area (TPSA) is 42.7 Å². The number of fused-ring (bicyclic) bond motifs is 1. The number of benzene rings is 1. The molecule has 0 saturated carbocycles. The normalized spacial score (nSPS) is 12.6. The van der Waals surface area contributed by atoms with Crippen molar-refractivity contribution in [2.45, 2.75) is 19.9 Å². The maximum absolute atomic E-state index is 6.44. The van der Waals surface area contributed by atoms with Gasteiger partial charge in [0.25, 0.3) is 0 Å². The van der Waals surface area contributed by atoms with E-state index in [1.165, 1.54) is 0 Å². The maximum atomic E-state index is 6.44. The summed E-state index contributed by atoms with van der Waals surface area (Å²) in [5.74, 6) is 0. The van der Waals surface area contributed by atoms with Crippen molar-refractivity contribution in [3.05, 3.63) is 52.9 Å². The molecule has 2 heterocycles. The third-order valence-corrected chi connectivity index (χ3v) is 3.99. The average molecular weight is 301 g/mol. The van der Waals surface area contributed by atoms with Crippen molar-refractivity contribution in [2.24, 2.45) is 7.05 Å². The first kappa shape index (κ1) is 13.9. The van der Waals surface area contributed by atoms with Crippen LogP contribution in [0, 0.1) is 6.92 Å². The minimum atomic E-state index is 0.0983. The molecule has 0 saturated heterocycles. The Balaban J connectivity index is 2.07. The number of pyridine rings is 1. The van der Waals surface area contributed by atoms with Gasteiger partial charge >= 0.3 is 0 Å². The van der Waals surface area contributed by atoms with Crippen LogP contribution in [-0.2, 0) is 7.05 Å². The quantitative estimate of drug-likeness (QED) is 0.792. The molecule has 5 heteroatoms. The van der Waals surface area contributed by atoms with Crippen LogP contribution in [0.15, 0.2) is 36.7 Å². The number of nitrogens with zero attached hydrogens (tertiary/aromatic N) is 3. The van der Waals surface area contributed by atoms with Crippen molar-refractivity contribution >= 4 is 28.2 Å².